The number of nitrogens with one attached hydrogen (secondary N) is 1. The maximum Gasteiger partial charge on any atom is 0.134 e. The van der Waals surface area contributed by atoms with Gasteiger partial charge in [0.2, 0.25) is 0 Å². The van der Waals surface area contributed by atoms with Crippen molar-refractivity contribution in [2.24, 2.45) is 0 Å². The molecule has 1 aromatic rings. The van der Waals surface area contributed by atoms with Crippen LogP contribution >= 0.6 is 0 Å². The summed E-state index contributed by atoms with van der Waals surface area (Å²) in [6.07, 6.45) is 3.67. The van der Waals surface area contributed by atoms with Crippen molar-refractivity contribution in [2.75, 3.05) is 6.54 Å². The highest BCUT2D eigenvalue weighted by atomic mass is 15.3. The van der Waals surface area contributed by atoms with Gasteiger partial charge in [0.1, 0.15) is 11.6 Å². The van der Waals surface area contributed by atoms with E-state index in [0.717, 1.165) is 30.7 Å². The molecule has 1 saturated carbocycles. The minimum Gasteiger partial charge on any atom is -0.314 e. The molecule has 1 aliphatic carbocycles. The topological polar surface area (TPSA) is 42.7 Å². The first kappa shape index (κ1) is 10.6. The lowest BCUT2D eigenvalue weighted by molar-refractivity contribution is 0.543. The number of aryl methyl sites for hydroxylation is 1. The molecule has 0 saturated heterocycles. The smallest absolute Gasteiger partial charge is 0.134 e. The Bertz CT molecular complexity index is 325. The minimum absolute atomic E-state index is 0.455. The fourth-order valence-corrected chi connectivity index (χ4v) is 1.93. The van der Waals surface area contributed by atoms with Crippen LogP contribution in [0.4, 0.5) is 0 Å². The van der Waals surface area contributed by atoms with Crippen molar-refractivity contribution in [3.63, 3.8) is 0 Å². The van der Waals surface area contributed by atoms with E-state index in [0.29, 0.717) is 6.04 Å². The molecule has 0 spiro atoms. The summed E-state index contributed by atoms with van der Waals surface area (Å²) >= 11 is 0. The molecular weight excluding hydrogens is 188 g/mol. The second kappa shape index (κ2) is 4.31. The second-order valence-corrected chi connectivity index (χ2v) is 4.61. The summed E-state index contributed by atoms with van der Waals surface area (Å²) in [7, 11) is 0. The van der Waals surface area contributed by atoms with E-state index in [-0.39, 0.29) is 0 Å². The van der Waals surface area contributed by atoms with Gasteiger partial charge in [-0.25, -0.2) is 0 Å². The molecule has 0 unspecified atom stereocenters. The van der Waals surface area contributed by atoms with Crippen LogP contribution in [0.3, 0.4) is 0 Å². The summed E-state index contributed by atoms with van der Waals surface area (Å²) in [5.41, 5.74) is 0. The Balaban J connectivity index is 1.93. The van der Waals surface area contributed by atoms with E-state index in [1.807, 2.05) is 6.92 Å². The van der Waals surface area contributed by atoms with Gasteiger partial charge in [0.05, 0.1) is 0 Å². The quantitative estimate of drug-likeness (QED) is 0.796. The Kier molecular flexibility index (Phi) is 3.05. The van der Waals surface area contributed by atoms with E-state index < -0.39 is 0 Å². The van der Waals surface area contributed by atoms with Crippen molar-refractivity contribution >= 4 is 0 Å². The third-order valence-electron chi connectivity index (χ3n) is 2.81. The molecule has 1 heterocycles. The van der Waals surface area contributed by atoms with E-state index >= 15 is 0 Å². The van der Waals surface area contributed by atoms with Crippen molar-refractivity contribution in [3.05, 3.63) is 11.6 Å². The van der Waals surface area contributed by atoms with E-state index in [9.17, 15) is 0 Å². The van der Waals surface area contributed by atoms with Crippen LogP contribution in [0.15, 0.2) is 0 Å². The van der Waals surface area contributed by atoms with Gasteiger partial charge >= 0.3 is 0 Å². The molecule has 1 N–H and O–H groups in total. The monoisotopic (exact) mass is 208 g/mol. The molecule has 0 atom stereocenters. The maximum atomic E-state index is 4.23. The molecule has 15 heavy (non-hydrogen) atoms. The Morgan fingerprint density at radius 3 is 2.73 bits per heavy atom. The zero-order valence-corrected chi connectivity index (χ0v) is 9.82. The lowest BCUT2D eigenvalue weighted by Crippen LogP contribution is -2.21. The summed E-state index contributed by atoms with van der Waals surface area (Å²) in [5, 5.41) is 11.9. The standard InChI is InChI=1S/C11H20N4/c1-8(2)15-9(3)13-14-11(15)6-7-12-10-4-5-10/h8,10,12H,4-7H2,1-3H3. The summed E-state index contributed by atoms with van der Waals surface area (Å²) < 4.78 is 2.22. The Labute approximate surface area is 91.1 Å². The van der Waals surface area contributed by atoms with Crippen LogP contribution in [0, 0.1) is 6.92 Å². The first-order valence-corrected chi connectivity index (χ1v) is 5.82. The molecule has 1 fully saturated rings. The van der Waals surface area contributed by atoms with Gasteiger partial charge < -0.3 is 9.88 Å². The van der Waals surface area contributed by atoms with Crippen molar-refractivity contribution < 1.29 is 0 Å². The molecule has 0 amide bonds. The highest BCUT2D eigenvalue weighted by Gasteiger charge is 2.20. The fourth-order valence-electron chi connectivity index (χ4n) is 1.93. The van der Waals surface area contributed by atoms with Gasteiger partial charge in [0, 0.05) is 25.0 Å². The third-order valence-corrected chi connectivity index (χ3v) is 2.81. The minimum atomic E-state index is 0.455. The molecule has 0 aromatic carbocycles. The first-order chi connectivity index (χ1) is 7.18. The van der Waals surface area contributed by atoms with Gasteiger partial charge in [-0.2, -0.15) is 0 Å². The second-order valence-electron chi connectivity index (χ2n) is 4.61. The Morgan fingerprint density at radius 1 is 1.40 bits per heavy atom. The fraction of sp³-hybridized carbons (Fsp3) is 0.818. The average Bonchev–Trinajstić information content (AvgIpc) is 2.90. The predicted molar refractivity (Wildman–Crippen MR) is 59.9 cm³/mol. The normalized spacial score (nSPS) is 16.3. The Morgan fingerprint density at radius 2 is 2.13 bits per heavy atom. The lowest BCUT2D eigenvalue weighted by atomic mass is 10.3. The van der Waals surface area contributed by atoms with Crippen molar-refractivity contribution in [1.29, 1.82) is 0 Å². The number of rotatable bonds is 5. The van der Waals surface area contributed by atoms with Gasteiger partial charge in [-0.3, -0.25) is 0 Å². The molecule has 0 bridgehead atoms. The van der Waals surface area contributed by atoms with Crippen molar-refractivity contribution in [3.8, 4) is 0 Å². The van der Waals surface area contributed by atoms with Gasteiger partial charge in [0.15, 0.2) is 0 Å². The Hall–Kier alpha value is -0.900. The number of aromatic nitrogens is 3. The predicted octanol–water partition coefficient (Wildman–Crippen LogP) is 1.46. The molecule has 4 nitrogen and oxygen atoms in total. The van der Waals surface area contributed by atoms with Gasteiger partial charge in [-0.15, -0.1) is 10.2 Å². The average molecular weight is 208 g/mol. The first-order valence-electron chi connectivity index (χ1n) is 5.82. The highest BCUT2D eigenvalue weighted by Crippen LogP contribution is 2.18. The SMILES string of the molecule is Cc1nnc(CCNC2CC2)n1C(C)C. The van der Waals surface area contributed by atoms with Crippen molar-refractivity contribution in [2.45, 2.75) is 52.1 Å². The third kappa shape index (κ3) is 2.56. The van der Waals surface area contributed by atoms with Crippen LogP contribution in [0.2, 0.25) is 0 Å². The molecule has 4 heteroatoms. The molecule has 0 radical (unpaired) electrons. The van der Waals surface area contributed by atoms with E-state index in [1.165, 1.54) is 12.8 Å². The largest absolute Gasteiger partial charge is 0.314 e. The molecule has 1 aromatic heterocycles. The van der Waals surface area contributed by atoms with Gasteiger partial charge in [-0.05, 0) is 33.6 Å². The summed E-state index contributed by atoms with van der Waals surface area (Å²) in [5.74, 6) is 2.13. The molecule has 2 rings (SSSR count). The van der Waals surface area contributed by atoms with E-state index in [1.54, 1.807) is 0 Å². The molecule has 84 valence electrons. The zero-order valence-electron chi connectivity index (χ0n) is 9.82. The van der Waals surface area contributed by atoms with Crippen LogP contribution in [-0.4, -0.2) is 27.4 Å². The maximum absolute atomic E-state index is 4.23. The van der Waals surface area contributed by atoms with Crippen LogP contribution in [0.1, 0.15) is 44.4 Å². The summed E-state index contributed by atoms with van der Waals surface area (Å²) in [4.78, 5) is 0. The number of nitrogens with zero attached hydrogens (tertiary/aromatic N) is 3. The molecular formula is C11H20N4. The highest BCUT2D eigenvalue weighted by molar-refractivity contribution is 4.97. The van der Waals surface area contributed by atoms with Gasteiger partial charge in [0.25, 0.3) is 0 Å². The zero-order chi connectivity index (χ0) is 10.8. The van der Waals surface area contributed by atoms with E-state index in [2.05, 4.69) is 33.9 Å². The molecule has 0 aliphatic heterocycles. The lowest BCUT2D eigenvalue weighted by Gasteiger charge is -2.12. The van der Waals surface area contributed by atoms with Crippen LogP contribution in [0.25, 0.3) is 0 Å². The van der Waals surface area contributed by atoms with E-state index in [4.69, 9.17) is 0 Å². The van der Waals surface area contributed by atoms with Crippen molar-refractivity contribution in [1.82, 2.24) is 20.1 Å². The van der Waals surface area contributed by atoms with Crippen LogP contribution in [-0.2, 0) is 6.42 Å². The van der Waals surface area contributed by atoms with Gasteiger partial charge in [-0.1, -0.05) is 0 Å². The summed E-state index contributed by atoms with van der Waals surface area (Å²) in [6, 6.07) is 1.23. The van der Waals surface area contributed by atoms with Crippen LogP contribution < -0.4 is 5.32 Å². The molecule has 1 aliphatic rings. The number of hydrogen-bond acceptors (Lipinski definition) is 3. The van der Waals surface area contributed by atoms with Crippen LogP contribution in [0.5, 0.6) is 0 Å². The summed E-state index contributed by atoms with van der Waals surface area (Å²) in [6.45, 7) is 7.39. The number of hydrogen-bond donors (Lipinski definition) is 1.